The number of carbonyl (C=O) groups is 1. The maximum absolute atomic E-state index is 12.2. The molecule has 0 aromatic heterocycles. The number of carbonyl (C=O) groups excluding carboxylic acids is 1. The van der Waals surface area contributed by atoms with Crippen molar-refractivity contribution in [3.63, 3.8) is 0 Å². The van der Waals surface area contributed by atoms with Crippen molar-refractivity contribution in [1.82, 2.24) is 5.06 Å². The molecule has 3 fully saturated rings. The van der Waals surface area contributed by atoms with Crippen LogP contribution in [-0.4, -0.2) is 29.4 Å². The van der Waals surface area contributed by atoms with Gasteiger partial charge in [-0.1, -0.05) is 30.3 Å². The smallest absolute Gasteiger partial charge is 0.434 e. The fourth-order valence-corrected chi connectivity index (χ4v) is 4.30. The number of ether oxygens (including phenoxy) is 1. The predicted octanol–water partition coefficient (Wildman–Crippen LogP) is 3.56. The van der Waals surface area contributed by atoms with Crippen LogP contribution in [0.4, 0.5) is 4.79 Å². The standard InChI is InChI=1S/C18H23NO3/c1-12-16(10-13-5-3-2-4-6-13)19(18(20)21-12)22-17-11-14-7-8-15(17)9-14/h2-6,12,14-17H,7-11H2,1H3. The molecule has 118 valence electrons. The van der Waals surface area contributed by atoms with Crippen LogP contribution < -0.4 is 0 Å². The zero-order valence-corrected chi connectivity index (χ0v) is 13.0. The lowest BCUT2D eigenvalue weighted by Crippen LogP contribution is -2.41. The Bertz CT molecular complexity index is 547. The van der Waals surface area contributed by atoms with Crippen LogP contribution in [0.25, 0.3) is 0 Å². The number of fused-ring (bicyclic) bond motifs is 2. The maximum Gasteiger partial charge on any atom is 0.434 e. The van der Waals surface area contributed by atoms with Crippen LogP contribution in [-0.2, 0) is 16.0 Å². The summed E-state index contributed by atoms with van der Waals surface area (Å²) in [5.41, 5.74) is 1.21. The van der Waals surface area contributed by atoms with Gasteiger partial charge in [-0.05, 0) is 56.4 Å². The van der Waals surface area contributed by atoms with E-state index in [-0.39, 0.29) is 24.3 Å². The fraction of sp³-hybridized carbons (Fsp3) is 0.611. The molecule has 2 bridgehead atoms. The van der Waals surface area contributed by atoms with Crippen LogP contribution >= 0.6 is 0 Å². The molecule has 1 aromatic rings. The van der Waals surface area contributed by atoms with Crippen molar-refractivity contribution in [2.45, 2.75) is 57.3 Å². The Morgan fingerprint density at radius 3 is 2.73 bits per heavy atom. The third-order valence-corrected chi connectivity index (χ3v) is 5.52. The molecule has 2 saturated carbocycles. The SMILES string of the molecule is CC1OC(=O)N(OC2CC3CCC2C3)C1Cc1ccccc1. The molecular formula is C18H23NO3. The molecule has 2 aliphatic carbocycles. The second kappa shape index (κ2) is 5.58. The van der Waals surface area contributed by atoms with Gasteiger partial charge in [-0.25, -0.2) is 4.79 Å². The number of hydrogen-bond donors (Lipinski definition) is 0. The zero-order valence-electron chi connectivity index (χ0n) is 13.0. The van der Waals surface area contributed by atoms with Gasteiger partial charge in [0.1, 0.15) is 12.1 Å². The summed E-state index contributed by atoms with van der Waals surface area (Å²) >= 11 is 0. The Labute approximate surface area is 131 Å². The lowest BCUT2D eigenvalue weighted by atomic mass is 9.98. The number of hydrogen-bond acceptors (Lipinski definition) is 3. The van der Waals surface area contributed by atoms with Crippen molar-refractivity contribution in [2.75, 3.05) is 0 Å². The normalized spacial score (nSPS) is 36.9. The van der Waals surface area contributed by atoms with Crippen LogP contribution in [0, 0.1) is 11.8 Å². The number of amides is 1. The molecule has 0 spiro atoms. The van der Waals surface area contributed by atoms with Crippen LogP contribution in [0.2, 0.25) is 0 Å². The summed E-state index contributed by atoms with van der Waals surface area (Å²) in [6.45, 7) is 1.95. The Hall–Kier alpha value is -1.55. The molecule has 1 saturated heterocycles. The van der Waals surface area contributed by atoms with Crippen molar-refractivity contribution in [3.8, 4) is 0 Å². The summed E-state index contributed by atoms with van der Waals surface area (Å²) in [4.78, 5) is 18.3. The van der Waals surface area contributed by atoms with Crippen LogP contribution in [0.15, 0.2) is 30.3 Å². The Kier molecular flexibility index (Phi) is 3.57. The molecular weight excluding hydrogens is 278 g/mol. The first-order chi connectivity index (χ1) is 10.7. The molecule has 4 heteroatoms. The molecule has 4 rings (SSSR count). The predicted molar refractivity (Wildman–Crippen MR) is 82.0 cm³/mol. The van der Waals surface area contributed by atoms with E-state index in [0.717, 1.165) is 18.8 Å². The van der Waals surface area contributed by atoms with Gasteiger partial charge in [0.25, 0.3) is 0 Å². The summed E-state index contributed by atoms with van der Waals surface area (Å²) in [5.74, 6) is 1.43. The molecule has 0 radical (unpaired) electrons. The summed E-state index contributed by atoms with van der Waals surface area (Å²) in [6.07, 6.45) is 5.47. The lowest BCUT2D eigenvalue weighted by Gasteiger charge is -2.29. The minimum Gasteiger partial charge on any atom is -0.443 e. The van der Waals surface area contributed by atoms with E-state index in [1.165, 1.54) is 29.9 Å². The molecule has 5 unspecified atom stereocenters. The number of benzene rings is 1. The topological polar surface area (TPSA) is 38.8 Å². The van der Waals surface area contributed by atoms with Gasteiger partial charge >= 0.3 is 6.09 Å². The number of rotatable bonds is 4. The molecule has 1 aliphatic heterocycles. The zero-order chi connectivity index (χ0) is 15.1. The molecule has 0 N–H and O–H groups in total. The van der Waals surface area contributed by atoms with E-state index in [1.54, 1.807) is 0 Å². The van der Waals surface area contributed by atoms with Crippen molar-refractivity contribution in [2.24, 2.45) is 11.8 Å². The van der Waals surface area contributed by atoms with Crippen molar-refractivity contribution in [1.29, 1.82) is 0 Å². The molecule has 1 aromatic carbocycles. The highest BCUT2D eigenvalue weighted by molar-refractivity contribution is 5.69. The van der Waals surface area contributed by atoms with Gasteiger partial charge in [-0.15, -0.1) is 0 Å². The summed E-state index contributed by atoms with van der Waals surface area (Å²) in [7, 11) is 0. The third-order valence-electron chi connectivity index (χ3n) is 5.52. The molecule has 22 heavy (non-hydrogen) atoms. The Balaban J connectivity index is 1.47. The molecule has 5 atom stereocenters. The van der Waals surface area contributed by atoms with E-state index in [1.807, 2.05) is 25.1 Å². The van der Waals surface area contributed by atoms with Crippen LogP contribution in [0.5, 0.6) is 0 Å². The fourth-order valence-electron chi connectivity index (χ4n) is 4.30. The van der Waals surface area contributed by atoms with E-state index < -0.39 is 0 Å². The number of nitrogens with zero attached hydrogens (tertiary/aromatic N) is 1. The van der Waals surface area contributed by atoms with Crippen molar-refractivity contribution < 1.29 is 14.4 Å². The summed E-state index contributed by atoms with van der Waals surface area (Å²) in [6, 6.07) is 10.2. The van der Waals surface area contributed by atoms with Crippen molar-refractivity contribution in [3.05, 3.63) is 35.9 Å². The Morgan fingerprint density at radius 1 is 1.23 bits per heavy atom. The highest BCUT2D eigenvalue weighted by atomic mass is 16.8. The minimum atomic E-state index is -0.323. The largest absolute Gasteiger partial charge is 0.443 e. The van der Waals surface area contributed by atoms with Gasteiger partial charge in [0.05, 0.1) is 6.10 Å². The third kappa shape index (κ3) is 2.50. The first kappa shape index (κ1) is 14.1. The van der Waals surface area contributed by atoms with Gasteiger partial charge in [0.15, 0.2) is 0 Å². The monoisotopic (exact) mass is 301 g/mol. The van der Waals surface area contributed by atoms with E-state index >= 15 is 0 Å². The summed E-state index contributed by atoms with van der Waals surface area (Å²) < 4.78 is 5.41. The summed E-state index contributed by atoms with van der Waals surface area (Å²) in [5, 5.41) is 1.53. The molecule has 3 aliphatic rings. The number of cyclic esters (lactones) is 1. The lowest BCUT2D eigenvalue weighted by molar-refractivity contribution is -0.186. The van der Waals surface area contributed by atoms with E-state index in [2.05, 4.69) is 12.1 Å². The minimum absolute atomic E-state index is 0.0333. The second-order valence-electron chi connectivity index (χ2n) is 6.99. The first-order valence-electron chi connectivity index (χ1n) is 8.41. The van der Waals surface area contributed by atoms with Gasteiger partial charge in [0.2, 0.25) is 0 Å². The maximum atomic E-state index is 12.2. The molecule has 4 nitrogen and oxygen atoms in total. The van der Waals surface area contributed by atoms with E-state index in [0.29, 0.717) is 5.92 Å². The van der Waals surface area contributed by atoms with Crippen LogP contribution in [0.1, 0.15) is 38.2 Å². The quantitative estimate of drug-likeness (QED) is 0.853. The Morgan fingerprint density at radius 2 is 2.05 bits per heavy atom. The van der Waals surface area contributed by atoms with Gasteiger partial charge in [0, 0.05) is 0 Å². The second-order valence-corrected chi connectivity index (χ2v) is 6.99. The van der Waals surface area contributed by atoms with Gasteiger partial charge in [-0.3, -0.25) is 4.84 Å². The molecule has 1 amide bonds. The highest BCUT2D eigenvalue weighted by Gasteiger charge is 2.46. The van der Waals surface area contributed by atoms with E-state index in [9.17, 15) is 4.79 Å². The average Bonchev–Trinajstić information content (AvgIpc) is 3.19. The van der Waals surface area contributed by atoms with Gasteiger partial charge in [-0.2, -0.15) is 5.06 Å². The highest BCUT2D eigenvalue weighted by Crippen LogP contribution is 2.46. The van der Waals surface area contributed by atoms with Crippen LogP contribution in [0.3, 0.4) is 0 Å². The van der Waals surface area contributed by atoms with E-state index in [4.69, 9.17) is 9.57 Å². The van der Waals surface area contributed by atoms with Crippen molar-refractivity contribution >= 4 is 6.09 Å². The van der Waals surface area contributed by atoms with Gasteiger partial charge < -0.3 is 4.74 Å². The number of hydroxylamine groups is 2. The average molecular weight is 301 g/mol. The molecule has 1 heterocycles. The first-order valence-corrected chi connectivity index (χ1v) is 8.41.